The van der Waals surface area contributed by atoms with Crippen LogP contribution in [0.1, 0.15) is 57.9 Å². The number of pyridine rings is 1. The zero-order valence-corrected chi connectivity index (χ0v) is 16.7. The minimum Gasteiger partial charge on any atom is -0.309 e. The molecule has 1 aliphatic rings. The highest BCUT2D eigenvalue weighted by Gasteiger charge is 2.22. The molecule has 3 rings (SSSR count). The number of benzene rings is 1. The van der Waals surface area contributed by atoms with E-state index in [9.17, 15) is 4.79 Å². The number of nitrogens with zero attached hydrogens (tertiary/aromatic N) is 1. The van der Waals surface area contributed by atoms with Gasteiger partial charge in [-0.3, -0.25) is 4.79 Å². The van der Waals surface area contributed by atoms with Crippen LogP contribution in [0.4, 0.5) is 5.82 Å². The molecule has 1 aromatic carbocycles. The van der Waals surface area contributed by atoms with Gasteiger partial charge in [0.05, 0.1) is 11.6 Å². The van der Waals surface area contributed by atoms with Crippen LogP contribution in [0.15, 0.2) is 28.7 Å². The zero-order chi connectivity index (χ0) is 18.0. The standard InChI is InChI=1S/C20H26BrN3O/c1-12(2)17-11-14-10-15(21)8-9-18(14)23-19(17)24-20(25)13(3)22-16-6-4-5-7-16/h8-13,16,22H,4-7H2,1-3H3,(H,23,24,25). The van der Waals surface area contributed by atoms with Crippen LogP contribution in [0.3, 0.4) is 0 Å². The van der Waals surface area contributed by atoms with Crippen molar-refractivity contribution in [3.63, 3.8) is 0 Å². The smallest absolute Gasteiger partial charge is 0.242 e. The molecular formula is C20H26BrN3O. The Morgan fingerprint density at radius 2 is 1.92 bits per heavy atom. The molecule has 1 aliphatic carbocycles. The Balaban J connectivity index is 1.82. The summed E-state index contributed by atoms with van der Waals surface area (Å²) in [7, 11) is 0. The number of fused-ring (bicyclic) bond motifs is 1. The van der Waals surface area contributed by atoms with E-state index < -0.39 is 0 Å². The number of hydrogen-bond donors (Lipinski definition) is 2. The highest BCUT2D eigenvalue weighted by atomic mass is 79.9. The second kappa shape index (κ2) is 7.83. The maximum atomic E-state index is 12.6. The number of anilines is 1. The van der Waals surface area contributed by atoms with Gasteiger partial charge in [-0.15, -0.1) is 0 Å². The molecule has 2 aromatic rings. The van der Waals surface area contributed by atoms with Crippen molar-refractivity contribution >= 4 is 38.6 Å². The monoisotopic (exact) mass is 403 g/mol. The van der Waals surface area contributed by atoms with Crippen molar-refractivity contribution in [1.29, 1.82) is 0 Å². The van der Waals surface area contributed by atoms with Gasteiger partial charge in [-0.25, -0.2) is 4.98 Å². The Hall–Kier alpha value is -1.46. The van der Waals surface area contributed by atoms with Crippen LogP contribution < -0.4 is 10.6 Å². The number of nitrogens with one attached hydrogen (secondary N) is 2. The van der Waals surface area contributed by atoms with E-state index in [4.69, 9.17) is 4.98 Å². The van der Waals surface area contributed by atoms with Crippen molar-refractivity contribution in [2.45, 2.75) is 64.5 Å². The lowest BCUT2D eigenvalue weighted by Crippen LogP contribution is -2.43. The van der Waals surface area contributed by atoms with E-state index in [1.54, 1.807) is 0 Å². The molecule has 134 valence electrons. The van der Waals surface area contributed by atoms with Gasteiger partial charge in [0.25, 0.3) is 0 Å². The van der Waals surface area contributed by atoms with Crippen LogP contribution in [-0.2, 0) is 4.79 Å². The molecule has 2 N–H and O–H groups in total. The maximum absolute atomic E-state index is 12.6. The summed E-state index contributed by atoms with van der Waals surface area (Å²) >= 11 is 3.51. The number of hydrogen-bond acceptors (Lipinski definition) is 3. The van der Waals surface area contributed by atoms with Crippen LogP contribution >= 0.6 is 15.9 Å². The molecule has 4 nitrogen and oxygen atoms in total. The van der Waals surface area contributed by atoms with Crippen LogP contribution in [0.25, 0.3) is 10.9 Å². The fraction of sp³-hybridized carbons (Fsp3) is 0.500. The van der Waals surface area contributed by atoms with Gasteiger partial charge in [-0.2, -0.15) is 0 Å². The van der Waals surface area contributed by atoms with Crippen molar-refractivity contribution in [3.05, 3.63) is 34.3 Å². The second-order valence-corrected chi connectivity index (χ2v) is 8.19. The minimum absolute atomic E-state index is 0.0160. The topological polar surface area (TPSA) is 54.0 Å². The number of carbonyl (C=O) groups excluding carboxylic acids is 1. The van der Waals surface area contributed by atoms with Crippen LogP contribution in [-0.4, -0.2) is 23.0 Å². The lowest BCUT2D eigenvalue weighted by atomic mass is 10.0. The summed E-state index contributed by atoms with van der Waals surface area (Å²) < 4.78 is 1.03. The molecule has 1 aromatic heterocycles. The Morgan fingerprint density at radius 3 is 2.60 bits per heavy atom. The SMILES string of the molecule is CC(NC1CCCC1)C(=O)Nc1nc2ccc(Br)cc2cc1C(C)C. The summed E-state index contributed by atoms with van der Waals surface area (Å²) in [5, 5.41) is 7.57. The Morgan fingerprint density at radius 1 is 1.20 bits per heavy atom. The number of amides is 1. The molecule has 0 bridgehead atoms. The number of carbonyl (C=O) groups is 1. The summed E-state index contributed by atoms with van der Waals surface area (Å²) in [5.74, 6) is 0.942. The average molecular weight is 404 g/mol. The summed E-state index contributed by atoms with van der Waals surface area (Å²) in [6.07, 6.45) is 4.84. The second-order valence-electron chi connectivity index (χ2n) is 7.28. The molecule has 1 heterocycles. The van der Waals surface area contributed by atoms with Gasteiger partial charge in [0.2, 0.25) is 5.91 Å². The van der Waals surface area contributed by atoms with Crippen LogP contribution in [0.5, 0.6) is 0 Å². The Kier molecular flexibility index (Phi) is 5.74. The quantitative estimate of drug-likeness (QED) is 0.739. The minimum atomic E-state index is -0.217. The van der Waals surface area contributed by atoms with Gasteiger partial charge in [0.1, 0.15) is 5.82 Å². The fourth-order valence-electron chi connectivity index (χ4n) is 3.45. The first kappa shape index (κ1) is 18.3. The van der Waals surface area contributed by atoms with Crippen molar-refractivity contribution in [1.82, 2.24) is 10.3 Å². The third-order valence-electron chi connectivity index (χ3n) is 4.90. The van der Waals surface area contributed by atoms with Gasteiger partial charge < -0.3 is 10.6 Å². The number of halogens is 1. The number of rotatable bonds is 5. The maximum Gasteiger partial charge on any atom is 0.242 e. The largest absolute Gasteiger partial charge is 0.309 e. The van der Waals surface area contributed by atoms with E-state index in [0.717, 1.165) is 33.8 Å². The lowest BCUT2D eigenvalue weighted by molar-refractivity contribution is -0.118. The fourth-order valence-corrected chi connectivity index (χ4v) is 3.83. The predicted molar refractivity (Wildman–Crippen MR) is 107 cm³/mol. The third kappa shape index (κ3) is 4.39. The van der Waals surface area contributed by atoms with Gasteiger partial charge in [0.15, 0.2) is 0 Å². The van der Waals surface area contributed by atoms with E-state index in [2.05, 4.69) is 52.5 Å². The highest BCUT2D eigenvalue weighted by molar-refractivity contribution is 9.10. The van der Waals surface area contributed by atoms with E-state index in [1.165, 1.54) is 12.8 Å². The highest BCUT2D eigenvalue weighted by Crippen LogP contribution is 2.28. The van der Waals surface area contributed by atoms with Crippen LogP contribution in [0, 0.1) is 0 Å². The van der Waals surface area contributed by atoms with Crippen molar-refractivity contribution < 1.29 is 4.79 Å². The normalized spacial score (nSPS) is 16.5. The first-order valence-electron chi connectivity index (χ1n) is 9.11. The lowest BCUT2D eigenvalue weighted by Gasteiger charge is -2.20. The van der Waals surface area contributed by atoms with Gasteiger partial charge >= 0.3 is 0 Å². The van der Waals surface area contributed by atoms with E-state index in [-0.39, 0.29) is 17.9 Å². The predicted octanol–water partition coefficient (Wildman–Crippen LogP) is 4.98. The average Bonchev–Trinajstić information content (AvgIpc) is 3.07. The van der Waals surface area contributed by atoms with Gasteiger partial charge in [-0.1, -0.05) is 42.6 Å². The first-order chi connectivity index (χ1) is 11.9. The molecule has 1 fully saturated rings. The Bertz CT molecular complexity index is 769. The first-order valence-corrected chi connectivity index (χ1v) is 9.90. The molecule has 0 saturated heterocycles. The van der Waals surface area contributed by atoms with Crippen LogP contribution in [0.2, 0.25) is 0 Å². The summed E-state index contributed by atoms with van der Waals surface area (Å²) in [6.45, 7) is 6.17. The van der Waals surface area contributed by atoms with Crippen molar-refractivity contribution in [3.8, 4) is 0 Å². The molecule has 0 radical (unpaired) electrons. The molecule has 25 heavy (non-hydrogen) atoms. The summed E-state index contributed by atoms with van der Waals surface area (Å²) in [6, 6.07) is 8.38. The molecule has 1 amide bonds. The molecule has 1 unspecified atom stereocenters. The van der Waals surface area contributed by atoms with E-state index in [1.807, 2.05) is 19.1 Å². The van der Waals surface area contributed by atoms with Gasteiger partial charge in [-0.05, 0) is 55.5 Å². The van der Waals surface area contributed by atoms with Crippen molar-refractivity contribution in [2.24, 2.45) is 0 Å². The van der Waals surface area contributed by atoms with E-state index >= 15 is 0 Å². The van der Waals surface area contributed by atoms with E-state index in [0.29, 0.717) is 11.9 Å². The molecule has 0 aliphatic heterocycles. The van der Waals surface area contributed by atoms with Gasteiger partial charge in [0, 0.05) is 15.9 Å². The third-order valence-corrected chi connectivity index (χ3v) is 5.40. The Labute approximate surface area is 157 Å². The summed E-state index contributed by atoms with van der Waals surface area (Å²) in [5.41, 5.74) is 1.95. The van der Waals surface area contributed by atoms with Crippen molar-refractivity contribution in [2.75, 3.05) is 5.32 Å². The number of aromatic nitrogens is 1. The summed E-state index contributed by atoms with van der Waals surface area (Å²) in [4.78, 5) is 17.4. The molecule has 1 atom stereocenters. The molecule has 0 spiro atoms. The molecule has 5 heteroatoms. The molecule has 1 saturated carbocycles. The molecular weight excluding hydrogens is 378 g/mol. The zero-order valence-electron chi connectivity index (χ0n) is 15.1.